The molecule has 66 valence electrons. The van der Waals surface area contributed by atoms with Gasteiger partial charge in [0.05, 0.1) is 6.54 Å². The monoisotopic (exact) mass is 167 g/mol. The van der Waals surface area contributed by atoms with E-state index >= 15 is 0 Å². The van der Waals surface area contributed by atoms with Crippen LogP contribution in [-0.4, -0.2) is 23.3 Å². The maximum Gasteiger partial charge on any atom is 0.354 e. The molecule has 1 heterocycles. The maximum absolute atomic E-state index is 10.5. The first-order chi connectivity index (χ1) is 5.41. The number of carboxylic acid groups (broad SMARTS) is 1. The lowest BCUT2D eigenvalue weighted by Gasteiger charge is -2.18. The maximum atomic E-state index is 10.5. The molecule has 0 aromatic rings. The van der Waals surface area contributed by atoms with E-state index in [-0.39, 0.29) is 11.1 Å². The summed E-state index contributed by atoms with van der Waals surface area (Å²) in [6.45, 7) is 6.70. The molecule has 0 fully saturated rings. The normalized spacial score (nSPS) is 17.2. The molecule has 12 heavy (non-hydrogen) atoms. The molecule has 0 saturated heterocycles. The van der Waals surface area contributed by atoms with Crippen molar-refractivity contribution in [2.75, 3.05) is 6.54 Å². The number of rotatable bonds is 1. The largest absolute Gasteiger partial charge is 0.477 e. The Morgan fingerprint density at radius 1 is 1.58 bits per heavy atom. The third kappa shape index (κ3) is 1.72. The zero-order chi connectivity index (χ0) is 9.35. The fraction of sp³-hybridized carbons (Fsp3) is 0.556. The van der Waals surface area contributed by atoms with Gasteiger partial charge >= 0.3 is 5.97 Å². The molecule has 0 aromatic carbocycles. The highest BCUT2D eigenvalue weighted by atomic mass is 16.4. The molecular weight excluding hydrogens is 154 g/mol. The molecule has 0 radical (unpaired) electrons. The van der Waals surface area contributed by atoms with Crippen molar-refractivity contribution in [1.29, 1.82) is 0 Å². The first kappa shape index (κ1) is 8.97. The van der Waals surface area contributed by atoms with Crippen LogP contribution in [-0.2, 0) is 4.79 Å². The highest BCUT2D eigenvalue weighted by molar-refractivity contribution is 6.41. The van der Waals surface area contributed by atoms with Crippen LogP contribution in [0.25, 0.3) is 0 Å². The number of carbonyl (C=O) groups is 1. The van der Waals surface area contributed by atoms with Crippen molar-refractivity contribution in [2.45, 2.75) is 20.8 Å². The van der Waals surface area contributed by atoms with Crippen molar-refractivity contribution in [3.63, 3.8) is 0 Å². The van der Waals surface area contributed by atoms with Crippen molar-refractivity contribution < 1.29 is 9.90 Å². The van der Waals surface area contributed by atoms with Crippen LogP contribution < -0.4 is 0 Å². The van der Waals surface area contributed by atoms with E-state index in [1.165, 1.54) is 0 Å². The number of hydrogen-bond acceptors (Lipinski definition) is 2. The van der Waals surface area contributed by atoms with Crippen LogP contribution in [0, 0.1) is 5.41 Å². The summed E-state index contributed by atoms with van der Waals surface area (Å²) in [5.74, 6) is -0.936. The lowest BCUT2D eigenvalue weighted by molar-refractivity contribution is -0.129. The Morgan fingerprint density at radius 2 is 2.17 bits per heavy atom. The lowest BCUT2D eigenvalue weighted by atomic mass is 9.87. The zero-order valence-electron chi connectivity index (χ0n) is 7.59. The van der Waals surface area contributed by atoms with E-state index in [2.05, 4.69) is 25.8 Å². The molecule has 0 bridgehead atoms. The minimum Gasteiger partial charge on any atom is -0.477 e. The lowest BCUT2D eigenvalue weighted by Crippen LogP contribution is -2.11. The van der Waals surface area contributed by atoms with Gasteiger partial charge < -0.3 is 5.11 Å². The second-order valence-electron chi connectivity index (χ2n) is 3.93. The van der Waals surface area contributed by atoms with Crippen LogP contribution in [0.2, 0.25) is 0 Å². The summed E-state index contributed by atoms with van der Waals surface area (Å²) in [4.78, 5) is 14.4. The van der Waals surface area contributed by atoms with Crippen LogP contribution >= 0.6 is 0 Å². The van der Waals surface area contributed by atoms with Gasteiger partial charge in [0.1, 0.15) is 5.71 Å². The predicted octanol–water partition coefficient (Wildman–Crippen LogP) is 1.50. The Morgan fingerprint density at radius 3 is 2.42 bits per heavy atom. The average Bonchev–Trinajstić information content (AvgIpc) is 2.30. The van der Waals surface area contributed by atoms with E-state index in [9.17, 15) is 4.79 Å². The van der Waals surface area contributed by atoms with E-state index in [0.29, 0.717) is 6.54 Å². The average molecular weight is 167 g/mol. The van der Waals surface area contributed by atoms with Crippen LogP contribution in [0.3, 0.4) is 0 Å². The summed E-state index contributed by atoms with van der Waals surface area (Å²) >= 11 is 0. The molecule has 0 aliphatic carbocycles. The summed E-state index contributed by atoms with van der Waals surface area (Å²) < 4.78 is 0. The summed E-state index contributed by atoms with van der Waals surface area (Å²) in [5.41, 5.74) is 1.29. The number of hydrogen-bond donors (Lipinski definition) is 1. The standard InChI is InChI=1S/C9H13NO2/c1-9(2,3)6-4-7(8(11)12)10-5-6/h4H,5H2,1-3H3,(H,11,12). The fourth-order valence-electron chi connectivity index (χ4n) is 1.01. The Labute approximate surface area is 71.8 Å². The number of aliphatic imine (C=N–C) groups is 1. The van der Waals surface area contributed by atoms with E-state index in [1.807, 2.05) is 0 Å². The van der Waals surface area contributed by atoms with E-state index < -0.39 is 5.97 Å². The van der Waals surface area contributed by atoms with Gasteiger partial charge in [-0.3, -0.25) is 4.99 Å². The van der Waals surface area contributed by atoms with Crippen molar-refractivity contribution in [3.05, 3.63) is 11.6 Å². The first-order valence-corrected chi connectivity index (χ1v) is 3.90. The SMILES string of the molecule is CC(C)(C)C1=CC(C(=O)O)=NC1. The number of aliphatic carboxylic acids is 1. The summed E-state index contributed by atoms with van der Waals surface area (Å²) in [5, 5.41) is 8.62. The molecule has 0 amide bonds. The van der Waals surface area contributed by atoms with Gasteiger partial charge in [-0.1, -0.05) is 20.8 Å². The molecule has 0 atom stereocenters. The van der Waals surface area contributed by atoms with Crippen LogP contribution in [0.15, 0.2) is 16.6 Å². The molecule has 0 saturated carbocycles. The third-order valence-electron chi connectivity index (χ3n) is 1.91. The Kier molecular flexibility index (Phi) is 2.04. The van der Waals surface area contributed by atoms with Crippen LogP contribution in [0.5, 0.6) is 0 Å². The molecule has 1 rings (SSSR count). The van der Waals surface area contributed by atoms with Crippen molar-refractivity contribution >= 4 is 11.7 Å². The minimum atomic E-state index is -0.936. The van der Waals surface area contributed by atoms with Gasteiger partial charge in [-0.25, -0.2) is 4.79 Å². The van der Waals surface area contributed by atoms with Gasteiger partial charge in [-0.05, 0) is 17.1 Å². The molecule has 0 aromatic heterocycles. The van der Waals surface area contributed by atoms with Crippen LogP contribution in [0.4, 0.5) is 0 Å². The number of carboxylic acids is 1. The van der Waals surface area contributed by atoms with Gasteiger partial charge in [-0.2, -0.15) is 0 Å². The van der Waals surface area contributed by atoms with Gasteiger partial charge in [0, 0.05) is 0 Å². The van der Waals surface area contributed by atoms with Crippen molar-refractivity contribution in [2.24, 2.45) is 10.4 Å². The first-order valence-electron chi connectivity index (χ1n) is 3.90. The number of nitrogens with zero attached hydrogens (tertiary/aromatic N) is 1. The molecule has 0 unspecified atom stereocenters. The predicted molar refractivity (Wildman–Crippen MR) is 47.5 cm³/mol. The summed E-state index contributed by atoms with van der Waals surface area (Å²) in [7, 11) is 0. The Balaban J connectivity index is 2.81. The van der Waals surface area contributed by atoms with Crippen molar-refractivity contribution in [3.8, 4) is 0 Å². The van der Waals surface area contributed by atoms with E-state index in [0.717, 1.165) is 5.57 Å². The second kappa shape index (κ2) is 2.73. The summed E-state index contributed by atoms with van der Waals surface area (Å²) in [6.07, 6.45) is 1.67. The topological polar surface area (TPSA) is 49.7 Å². The van der Waals surface area contributed by atoms with Crippen molar-refractivity contribution in [1.82, 2.24) is 0 Å². The Bertz CT molecular complexity index is 269. The highest BCUT2D eigenvalue weighted by Crippen LogP contribution is 2.27. The highest BCUT2D eigenvalue weighted by Gasteiger charge is 2.22. The zero-order valence-corrected chi connectivity index (χ0v) is 7.59. The van der Waals surface area contributed by atoms with Gasteiger partial charge in [0.25, 0.3) is 0 Å². The van der Waals surface area contributed by atoms with Crippen LogP contribution in [0.1, 0.15) is 20.8 Å². The molecule has 1 N–H and O–H groups in total. The molecular formula is C9H13NO2. The van der Waals surface area contributed by atoms with Gasteiger partial charge in [0.15, 0.2) is 0 Å². The molecule has 3 nitrogen and oxygen atoms in total. The molecule has 1 aliphatic rings. The van der Waals surface area contributed by atoms with Gasteiger partial charge in [0.2, 0.25) is 0 Å². The van der Waals surface area contributed by atoms with Gasteiger partial charge in [-0.15, -0.1) is 0 Å². The fourth-order valence-corrected chi connectivity index (χ4v) is 1.01. The molecule has 1 aliphatic heterocycles. The minimum absolute atomic E-state index is 0.0285. The quantitative estimate of drug-likeness (QED) is 0.643. The molecule has 3 heteroatoms. The van der Waals surface area contributed by atoms with E-state index in [4.69, 9.17) is 5.11 Å². The molecule has 0 spiro atoms. The summed E-state index contributed by atoms with van der Waals surface area (Å²) in [6, 6.07) is 0. The second-order valence-corrected chi connectivity index (χ2v) is 3.93. The smallest absolute Gasteiger partial charge is 0.354 e. The third-order valence-corrected chi connectivity index (χ3v) is 1.91. The Hall–Kier alpha value is -1.12. The van der Waals surface area contributed by atoms with E-state index in [1.54, 1.807) is 6.08 Å².